The highest BCUT2D eigenvalue weighted by molar-refractivity contribution is 8.13. The van der Waals surface area contributed by atoms with E-state index in [0.717, 1.165) is 9.88 Å². The van der Waals surface area contributed by atoms with E-state index in [1.165, 1.54) is 67.5 Å². The summed E-state index contributed by atoms with van der Waals surface area (Å²) in [7, 11) is -17.4. The molecule has 23 heteroatoms. The second-order valence-corrected chi connectivity index (χ2v) is 21.5. The number of rotatable bonds is 13. The lowest BCUT2D eigenvalue weighted by atomic mass is 10.1. The van der Waals surface area contributed by atoms with Gasteiger partial charge in [0.1, 0.15) is 17.3 Å². The van der Waals surface area contributed by atoms with Gasteiger partial charge >= 0.3 is 16.5 Å². The van der Waals surface area contributed by atoms with Crippen LogP contribution in [0, 0.1) is 0 Å². The van der Waals surface area contributed by atoms with Crippen LogP contribution in [0.2, 0.25) is 0 Å². The number of alkyl halides is 9. The van der Waals surface area contributed by atoms with Gasteiger partial charge in [0.15, 0.2) is 49.7 Å². The van der Waals surface area contributed by atoms with Crippen LogP contribution in [0.25, 0.3) is 14.9 Å². The monoisotopic (exact) mass is 995 g/mol. The van der Waals surface area contributed by atoms with Crippen LogP contribution >= 0.6 is 0 Å². The number of methoxy groups -OCH3 is 1. The lowest BCUT2D eigenvalue weighted by molar-refractivity contribution is -0.0518. The van der Waals surface area contributed by atoms with Crippen molar-refractivity contribution in [2.45, 2.75) is 75.6 Å². The molecule has 0 fully saturated rings. The van der Waals surface area contributed by atoms with Gasteiger partial charge in [-0.2, -0.15) is 39.5 Å². The molecule has 0 bridgehead atoms. The van der Waals surface area contributed by atoms with Crippen LogP contribution < -0.4 is 4.74 Å². The van der Waals surface area contributed by atoms with Gasteiger partial charge in [-0.3, -0.25) is 0 Å². The Kier molecular flexibility index (Phi) is 21.3. The van der Waals surface area contributed by atoms with E-state index in [4.69, 9.17) is 17.7 Å². The molecular formula is C40H42F9NO8S5. The van der Waals surface area contributed by atoms with Gasteiger partial charge < -0.3 is 13.4 Å². The summed E-state index contributed by atoms with van der Waals surface area (Å²) in [5.41, 5.74) is -18.1. The number of benzene rings is 5. The first kappa shape index (κ1) is 55.1. The van der Waals surface area contributed by atoms with Gasteiger partial charge in [0.05, 0.1) is 18.0 Å². The summed E-state index contributed by atoms with van der Waals surface area (Å²) in [6, 6.07) is 45.3. The molecule has 9 nitrogen and oxygen atoms in total. The number of sulfonamides is 2. The number of hydrogen-bond acceptors (Lipinski definition) is 8. The molecule has 5 rings (SSSR count). The Morgan fingerprint density at radius 2 is 0.857 bits per heavy atom. The number of hydrogen-bond donors (Lipinski definition) is 0. The van der Waals surface area contributed by atoms with Crippen molar-refractivity contribution in [3.8, 4) is 5.75 Å². The molecule has 0 atom stereocenters. The van der Waals surface area contributed by atoms with Crippen LogP contribution in [0.5, 0.6) is 5.75 Å². The zero-order valence-corrected chi connectivity index (χ0v) is 37.6. The third kappa shape index (κ3) is 17.1. The molecule has 348 valence electrons. The quantitative estimate of drug-likeness (QED) is 0.0490. The number of halogens is 9. The maximum absolute atomic E-state index is 11.4. The van der Waals surface area contributed by atoms with Crippen molar-refractivity contribution in [3.63, 3.8) is 0 Å². The highest BCUT2D eigenvalue weighted by Gasteiger charge is 2.47. The first-order valence-corrected chi connectivity index (χ1v) is 25.3. The molecule has 5 aromatic carbocycles. The summed E-state index contributed by atoms with van der Waals surface area (Å²) >= 11 is 0. The van der Waals surface area contributed by atoms with Crippen molar-refractivity contribution in [2.75, 3.05) is 18.6 Å². The van der Waals surface area contributed by atoms with Crippen molar-refractivity contribution in [1.82, 2.24) is 0 Å². The average molecular weight is 996 g/mol. The van der Waals surface area contributed by atoms with Gasteiger partial charge in [0, 0.05) is 21.7 Å². The van der Waals surface area contributed by atoms with Gasteiger partial charge in [-0.25, -0.2) is 25.3 Å². The van der Waals surface area contributed by atoms with E-state index in [9.17, 15) is 56.3 Å². The summed E-state index contributed by atoms with van der Waals surface area (Å²) in [6.07, 6.45) is 5.22. The van der Waals surface area contributed by atoms with E-state index >= 15 is 0 Å². The smallest absolute Gasteiger partial charge is 0.485 e. The summed E-state index contributed by atoms with van der Waals surface area (Å²) in [6.45, 7) is 4.57. The normalized spacial score (nSPS) is 12.4. The molecule has 0 heterocycles. The van der Waals surface area contributed by atoms with Crippen molar-refractivity contribution >= 4 is 62.7 Å². The predicted molar refractivity (Wildman–Crippen MR) is 226 cm³/mol. The zero-order valence-electron chi connectivity index (χ0n) is 33.5. The Hall–Kier alpha value is -4.00. The van der Waals surface area contributed by atoms with Crippen LogP contribution in [0.1, 0.15) is 39.5 Å². The molecule has 0 aliphatic carbocycles. The Labute approximate surface area is 366 Å². The molecule has 0 aliphatic rings. The topological polar surface area (TPSA) is 149 Å². The molecule has 0 amide bonds. The first-order chi connectivity index (χ1) is 29.2. The molecule has 63 heavy (non-hydrogen) atoms. The van der Waals surface area contributed by atoms with Crippen molar-refractivity contribution < 1.29 is 74.1 Å². The van der Waals surface area contributed by atoms with E-state index in [0.29, 0.717) is 10.9 Å². The second kappa shape index (κ2) is 24.3. The second-order valence-electron chi connectivity index (χ2n) is 12.5. The fourth-order valence-corrected chi connectivity index (χ4v) is 11.4. The van der Waals surface area contributed by atoms with E-state index in [1.807, 2.05) is 0 Å². The lowest BCUT2D eigenvalue weighted by Gasteiger charge is -2.22. The van der Waals surface area contributed by atoms with Gasteiger partial charge in [0.2, 0.25) is 0 Å². The standard InChI is InChI=1S/C19H27OS.C18H15S.C2F6NO4S2.CHF3O3S/c1-4-6-14-21(15-7-5-2)19-13-12-18(20-3)16-10-8-9-11-17(16)19;1-4-10-16(11-5-1)19(17-12-6-2-7-13-17)18-14-8-3-9-15-18;3-1(4,5)14(10,11)9-15(12,13)2(6,7)8;2-1(3,4)8(5,6)7/h8-13H,4-7,14-15H2,1-3H3;1-15H;;(H,5,6,7)/q2*+1;-1;/p-1. The van der Waals surface area contributed by atoms with Crippen molar-refractivity contribution in [1.29, 1.82) is 0 Å². The lowest BCUT2D eigenvalue weighted by Crippen LogP contribution is -2.30. The maximum atomic E-state index is 11.4. The van der Waals surface area contributed by atoms with Gasteiger partial charge in [0.25, 0.3) is 0 Å². The molecular weight excluding hydrogens is 954 g/mol. The van der Waals surface area contributed by atoms with E-state index in [1.54, 1.807) is 7.11 Å². The molecule has 0 spiro atoms. The molecule has 5 aromatic rings. The van der Waals surface area contributed by atoms with Crippen LogP contribution in [0.4, 0.5) is 39.5 Å². The number of ether oxygens (including phenoxy) is 1. The molecule has 0 unspecified atom stereocenters. The minimum absolute atomic E-state index is 0.0146. The van der Waals surface area contributed by atoms with Crippen LogP contribution in [-0.2, 0) is 52.0 Å². The highest BCUT2D eigenvalue weighted by Crippen LogP contribution is 2.37. The fraction of sp³-hybridized carbons (Fsp3) is 0.300. The Balaban J connectivity index is 0.000000303. The molecule has 0 saturated carbocycles. The summed E-state index contributed by atoms with van der Waals surface area (Å²) < 4.78 is 174. The van der Waals surface area contributed by atoms with Crippen LogP contribution in [0.3, 0.4) is 0 Å². The largest absolute Gasteiger partial charge is 0.741 e. The number of unbranched alkanes of at least 4 members (excludes halogenated alkanes) is 2. The Morgan fingerprint density at radius 3 is 1.16 bits per heavy atom. The minimum atomic E-state index is -6.72. The molecule has 0 N–H and O–H groups in total. The van der Waals surface area contributed by atoms with E-state index < -0.39 is 46.7 Å². The third-order valence-electron chi connectivity index (χ3n) is 7.86. The minimum Gasteiger partial charge on any atom is -0.741 e. The Bertz CT molecular complexity index is 2330. The van der Waals surface area contributed by atoms with E-state index in [-0.39, 0.29) is 10.9 Å². The number of nitrogens with zero attached hydrogens (tertiary/aromatic N) is 1. The summed E-state index contributed by atoms with van der Waals surface area (Å²) in [5, 5.41) is 2.63. The first-order valence-electron chi connectivity index (χ1n) is 18.2. The molecule has 0 aromatic heterocycles. The van der Waals surface area contributed by atoms with Crippen molar-refractivity contribution in [3.05, 3.63) is 132 Å². The Morgan fingerprint density at radius 1 is 0.524 bits per heavy atom. The maximum Gasteiger partial charge on any atom is 0.485 e. The van der Waals surface area contributed by atoms with Crippen LogP contribution in [-0.4, -0.2) is 64.9 Å². The molecule has 0 saturated heterocycles. The van der Waals surface area contributed by atoms with Crippen molar-refractivity contribution in [2.24, 2.45) is 0 Å². The third-order valence-corrected chi connectivity index (χ3v) is 15.9. The molecule has 0 radical (unpaired) electrons. The molecule has 0 aliphatic heterocycles. The number of fused-ring (bicyclic) bond motifs is 1. The fourth-order valence-electron chi connectivity index (χ4n) is 4.92. The van der Waals surface area contributed by atoms with E-state index in [2.05, 4.69) is 141 Å². The summed E-state index contributed by atoms with van der Waals surface area (Å²) in [4.78, 5) is 5.62. The zero-order chi connectivity index (χ0) is 47.7. The van der Waals surface area contributed by atoms with Gasteiger partial charge in [-0.05, 0) is 67.4 Å². The summed E-state index contributed by atoms with van der Waals surface area (Å²) in [5.74, 6) is 3.64. The highest BCUT2D eigenvalue weighted by atomic mass is 32.3. The van der Waals surface area contributed by atoms with Gasteiger partial charge in [-0.1, -0.05) is 99.5 Å². The average Bonchev–Trinajstić information content (AvgIpc) is 3.21. The van der Waals surface area contributed by atoms with Crippen LogP contribution in [0.15, 0.2) is 147 Å². The van der Waals surface area contributed by atoms with Gasteiger partial charge in [-0.15, -0.1) is 0 Å². The predicted octanol–water partition coefficient (Wildman–Crippen LogP) is 11.3. The SMILES string of the molecule is CCCC[S+](CCCC)c1ccc(OC)c2ccccc12.O=S(=O)([N-]S(=O)(=O)C(F)(F)F)C(F)(F)F.O=S(=O)([O-])C(F)(F)F.c1ccc([S+](c2ccccc2)c2ccccc2)cc1.